The Kier molecular flexibility index (Phi) is 2.39. The number of nitrogens with zero attached hydrogens (tertiary/aromatic N) is 1. The summed E-state index contributed by atoms with van der Waals surface area (Å²) in [6.07, 6.45) is 1.58. The van der Waals surface area contributed by atoms with E-state index in [4.69, 9.17) is 0 Å². The van der Waals surface area contributed by atoms with Gasteiger partial charge in [-0.1, -0.05) is 24.3 Å². The minimum Gasteiger partial charge on any atom is -0.303 e. The molecule has 1 unspecified atom stereocenters. The molecule has 0 fully saturated rings. The molecule has 2 nitrogen and oxygen atoms in total. The van der Waals surface area contributed by atoms with Crippen LogP contribution < -0.4 is 0 Å². The van der Waals surface area contributed by atoms with Crippen molar-refractivity contribution in [2.75, 3.05) is 14.1 Å². The van der Waals surface area contributed by atoms with E-state index in [1.807, 2.05) is 32.3 Å². The summed E-state index contributed by atoms with van der Waals surface area (Å²) in [5, 5.41) is 0. The largest absolute Gasteiger partial charge is 0.303 e. The summed E-state index contributed by atoms with van der Waals surface area (Å²) >= 11 is 0. The monoisotopic (exact) mass is 203 g/mol. The standard InChI is InChI=1S/C13H17NO/c1-13(14(2)3)8-10-6-4-5-7-11(10)12(15)9-13/h4-7H,8-9H2,1-3H3. The van der Waals surface area contributed by atoms with Crippen molar-refractivity contribution >= 4 is 5.78 Å². The number of fused-ring (bicyclic) bond motifs is 1. The van der Waals surface area contributed by atoms with Crippen LogP contribution >= 0.6 is 0 Å². The normalized spacial score (nSPS) is 25.5. The molecule has 0 saturated heterocycles. The van der Waals surface area contributed by atoms with Crippen molar-refractivity contribution in [3.63, 3.8) is 0 Å². The first-order valence-corrected chi connectivity index (χ1v) is 5.31. The van der Waals surface area contributed by atoms with Crippen molar-refractivity contribution in [1.82, 2.24) is 4.90 Å². The van der Waals surface area contributed by atoms with E-state index in [9.17, 15) is 4.79 Å². The Morgan fingerprint density at radius 3 is 2.53 bits per heavy atom. The molecule has 1 aliphatic rings. The minimum absolute atomic E-state index is 0.0224. The Morgan fingerprint density at radius 1 is 1.20 bits per heavy atom. The lowest BCUT2D eigenvalue weighted by Crippen LogP contribution is -2.47. The van der Waals surface area contributed by atoms with Gasteiger partial charge in [0.2, 0.25) is 0 Å². The molecule has 2 rings (SSSR count). The summed E-state index contributed by atoms with van der Waals surface area (Å²) < 4.78 is 0. The smallest absolute Gasteiger partial charge is 0.164 e. The summed E-state index contributed by atoms with van der Waals surface area (Å²) in [6, 6.07) is 7.95. The molecule has 80 valence electrons. The molecule has 0 aromatic heterocycles. The van der Waals surface area contributed by atoms with Crippen LogP contribution in [0.3, 0.4) is 0 Å². The van der Waals surface area contributed by atoms with Crippen molar-refractivity contribution in [3.05, 3.63) is 35.4 Å². The van der Waals surface area contributed by atoms with Gasteiger partial charge in [-0.3, -0.25) is 4.79 Å². The van der Waals surface area contributed by atoms with Gasteiger partial charge in [-0.25, -0.2) is 0 Å². The second-order valence-corrected chi connectivity index (χ2v) is 4.83. The maximum Gasteiger partial charge on any atom is 0.164 e. The highest BCUT2D eigenvalue weighted by Gasteiger charge is 2.35. The number of ketones is 1. The first kappa shape index (κ1) is 10.4. The molecule has 0 radical (unpaired) electrons. The fourth-order valence-electron chi connectivity index (χ4n) is 2.18. The van der Waals surface area contributed by atoms with Crippen molar-refractivity contribution in [3.8, 4) is 0 Å². The van der Waals surface area contributed by atoms with E-state index in [2.05, 4.69) is 17.9 Å². The summed E-state index contributed by atoms with van der Waals surface area (Å²) in [6.45, 7) is 2.15. The summed E-state index contributed by atoms with van der Waals surface area (Å²) in [5.41, 5.74) is 2.08. The number of rotatable bonds is 1. The van der Waals surface area contributed by atoms with Crippen molar-refractivity contribution in [2.45, 2.75) is 25.3 Å². The number of carbonyl (C=O) groups excluding carboxylic acids is 1. The van der Waals surface area contributed by atoms with Crippen LogP contribution in [-0.4, -0.2) is 30.3 Å². The minimum atomic E-state index is -0.0224. The SMILES string of the molecule is CN(C)C1(C)CC(=O)c2ccccc2C1. The van der Waals surface area contributed by atoms with E-state index in [1.165, 1.54) is 5.56 Å². The second kappa shape index (κ2) is 3.46. The van der Waals surface area contributed by atoms with Crippen molar-refractivity contribution in [2.24, 2.45) is 0 Å². The van der Waals surface area contributed by atoms with Gasteiger partial charge in [0.15, 0.2) is 5.78 Å². The molecule has 0 N–H and O–H groups in total. The van der Waals surface area contributed by atoms with Crippen LogP contribution in [0.2, 0.25) is 0 Å². The van der Waals surface area contributed by atoms with Crippen LogP contribution in [0.5, 0.6) is 0 Å². The molecular formula is C13H17NO. The molecule has 1 aromatic carbocycles. The molecule has 2 heteroatoms. The van der Waals surface area contributed by atoms with Gasteiger partial charge in [-0.05, 0) is 33.0 Å². The summed E-state index contributed by atoms with van der Waals surface area (Å²) in [7, 11) is 4.09. The Bertz CT molecular complexity index is 397. The summed E-state index contributed by atoms with van der Waals surface area (Å²) in [4.78, 5) is 14.1. The van der Waals surface area contributed by atoms with E-state index < -0.39 is 0 Å². The average molecular weight is 203 g/mol. The van der Waals surface area contributed by atoms with E-state index in [-0.39, 0.29) is 11.3 Å². The molecule has 15 heavy (non-hydrogen) atoms. The number of carbonyl (C=O) groups is 1. The molecule has 0 heterocycles. The van der Waals surface area contributed by atoms with Crippen molar-refractivity contribution in [1.29, 1.82) is 0 Å². The zero-order valence-corrected chi connectivity index (χ0v) is 9.58. The first-order valence-electron chi connectivity index (χ1n) is 5.31. The van der Waals surface area contributed by atoms with Crippen LogP contribution in [0.25, 0.3) is 0 Å². The van der Waals surface area contributed by atoms with E-state index in [0.29, 0.717) is 6.42 Å². The Morgan fingerprint density at radius 2 is 1.87 bits per heavy atom. The van der Waals surface area contributed by atoms with Crippen LogP contribution in [0.4, 0.5) is 0 Å². The Hall–Kier alpha value is -1.15. The molecule has 0 spiro atoms. The van der Waals surface area contributed by atoms with Crippen LogP contribution in [0.1, 0.15) is 29.3 Å². The van der Waals surface area contributed by atoms with E-state index >= 15 is 0 Å². The lowest BCUT2D eigenvalue weighted by atomic mass is 9.78. The van der Waals surface area contributed by atoms with Gasteiger partial charge in [-0.2, -0.15) is 0 Å². The highest BCUT2D eigenvalue weighted by molar-refractivity contribution is 5.99. The maximum atomic E-state index is 12.0. The number of Topliss-reactive ketones (excluding diaryl/α,β-unsaturated/α-hetero) is 1. The zero-order chi connectivity index (χ0) is 11.1. The molecule has 0 bridgehead atoms. The average Bonchev–Trinajstić information content (AvgIpc) is 2.17. The molecule has 1 atom stereocenters. The topological polar surface area (TPSA) is 20.3 Å². The Labute approximate surface area is 90.9 Å². The predicted octanol–water partition coefficient (Wildman–Crippen LogP) is 2.14. The highest BCUT2D eigenvalue weighted by atomic mass is 16.1. The maximum absolute atomic E-state index is 12.0. The highest BCUT2D eigenvalue weighted by Crippen LogP contribution is 2.31. The van der Waals surface area contributed by atoms with Gasteiger partial charge in [0.1, 0.15) is 0 Å². The number of benzene rings is 1. The van der Waals surface area contributed by atoms with Gasteiger partial charge in [0.25, 0.3) is 0 Å². The van der Waals surface area contributed by atoms with E-state index in [1.54, 1.807) is 0 Å². The summed E-state index contributed by atoms with van der Waals surface area (Å²) in [5.74, 6) is 0.271. The molecule has 0 amide bonds. The first-order chi connectivity index (χ1) is 7.03. The van der Waals surface area contributed by atoms with Crippen molar-refractivity contribution < 1.29 is 4.79 Å². The van der Waals surface area contributed by atoms with Crippen LogP contribution in [0.15, 0.2) is 24.3 Å². The third-order valence-electron chi connectivity index (χ3n) is 3.51. The lowest BCUT2D eigenvalue weighted by molar-refractivity contribution is 0.0826. The number of likely N-dealkylation sites (N-methyl/N-ethyl adjacent to an activating group) is 1. The quantitative estimate of drug-likeness (QED) is 0.697. The molecular weight excluding hydrogens is 186 g/mol. The number of hydrogen-bond donors (Lipinski definition) is 0. The molecule has 1 aromatic rings. The Balaban J connectivity index is 2.42. The zero-order valence-electron chi connectivity index (χ0n) is 9.58. The van der Waals surface area contributed by atoms with Gasteiger partial charge >= 0.3 is 0 Å². The van der Waals surface area contributed by atoms with Gasteiger partial charge in [-0.15, -0.1) is 0 Å². The third kappa shape index (κ3) is 1.70. The van der Waals surface area contributed by atoms with Crippen LogP contribution in [-0.2, 0) is 6.42 Å². The second-order valence-electron chi connectivity index (χ2n) is 4.83. The molecule has 1 aliphatic carbocycles. The molecule has 0 saturated carbocycles. The lowest BCUT2D eigenvalue weighted by Gasteiger charge is -2.39. The number of hydrogen-bond acceptors (Lipinski definition) is 2. The van der Waals surface area contributed by atoms with Gasteiger partial charge in [0.05, 0.1) is 0 Å². The fraction of sp³-hybridized carbons (Fsp3) is 0.462. The van der Waals surface area contributed by atoms with Gasteiger partial charge < -0.3 is 4.90 Å². The fourth-order valence-corrected chi connectivity index (χ4v) is 2.18. The third-order valence-corrected chi connectivity index (χ3v) is 3.51. The predicted molar refractivity (Wildman–Crippen MR) is 61.2 cm³/mol. The van der Waals surface area contributed by atoms with Gasteiger partial charge in [0, 0.05) is 17.5 Å². The van der Waals surface area contributed by atoms with Crippen LogP contribution in [0, 0.1) is 0 Å². The van der Waals surface area contributed by atoms with E-state index in [0.717, 1.165) is 12.0 Å². The molecule has 0 aliphatic heterocycles.